The molecule has 61 heavy (non-hydrogen) atoms. The van der Waals surface area contributed by atoms with Crippen molar-refractivity contribution in [1.82, 2.24) is 36.6 Å². The van der Waals surface area contributed by atoms with Gasteiger partial charge in [0.1, 0.15) is 30.2 Å². The fraction of sp³-hybridized carbons (Fsp3) is 0.391. The van der Waals surface area contributed by atoms with E-state index in [1.165, 1.54) is 6.92 Å². The maximum absolute atomic E-state index is 14.6. The minimum absolute atomic E-state index is 0.0223. The number of rotatable bonds is 21. The van der Waals surface area contributed by atoms with Crippen LogP contribution >= 0.6 is 0 Å². The first kappa shape index (κ1) is 45.6. The van der Waals surface area contributed by atoms with Crippen molar-refractivity contribution in [3.8, 4) is 0 Å². The summed E-state index contributed by atoms with van der Waals surface area (Å²) in [6.45, 7) is 9.12. The maximum Gasteiger partial charge on any atom is 0.243 e. The molecule has 2 heterocycles. The molecule has 6 unspecified atom stereocenters. The molecule has 0 saturated heterocycles. The number of nitrogens with one attached hydrogen (secondary N) is 7. The minimum atomic E-state index is -1.23. The van der Waals surface area contributed by atoms with Gasteiger partial charge in [-0.05, 0) is 60.4 Å². The fourth-order valence-electron chi connectivity index (χ4n) is 7.33. The second-order valence-corrected chi connectivity index (χ2v) is 16.6. The van der Waals surface area contributed by atoms with Crippen LogP contribution in [-0.2, 0) is 48.0 Å². The second-order valence-electron chi connectivity index (χ2n) is 16.6. The Morgan fingerprint density at radius 2 is 0.869 bits per heavy atom. The Morgan fingerprint density at radius 1 is 0.492 bits per heavy atom. The van der Waals surface area contributed by atoms with E-state index in [-0.39, 0.29) is 37.5 Å². The molecule has 324 valence electrons. The molecule has 0 spiro atoms. The van der Waals surface area contributed by atoms with E-state index < -0.39 is 71.7 Å². The fourth-order valence-corrected chi connectivity index (χ4v) is 7.33. The average Bonchev–Trinajstić information content (AvgIpc) is 3.83. The van der Waals surface area contributed by atoms with Crippen molar-refractivity contribution < 1.29 is 28.8 Å². The maximum atomic E-state index is 14.6. The van der Waals surface area contributed by atoms with Gasteiger partial charge in [-0.1, -0.05) is 94.4 Å². The second kappa shape index (κ2) is 21.2. The first-order valence-electron chi connectivity index (χ1n) is 20.8. The molecule has 6 amide bonds. The van der Waals surface area contributed by atoms with E-state index in [0.29, 0.717) is 6.42 Å². The van der Waals surface area contributed by atoms with Crippen molar-refractivity contribution >= 4 is 57.2 Å². The number of carbonyl (C=O) groups is 6. The van der Waals surface area contributed by atoms with Crippen molar-refractivity contribution in [2.24, 2.45) is 23.3 Å². The number of H-pyrrole nitrogens is 2. The number of hydrogen-bond acceptors (Lipinski definition) is 7. The number of carbonyl (C=O) groups excluding carboxylic acids is 6. The van der Waals surface area contributed by atoms with E-state index in [1.54, 1.807) is 12.4 Å². The predicted molar refractivity (Wildman–Crippen MR) is 236 cm³/mol. The molecule has 15 nitrogen and oxygen atoms in total. The van der Waals surface area contributed by atoms with Gasteiger partial charge in [-0.25, -0.2) is 0 Å². The molecule has 0 aliphatic rings. The zero-order valence-electron chi connectivity index (χ0n) is 35.4. The highest BCUT2D eigenvalue weighted by molar-refractivity contribution is 5.97. The van der Waals surface area contributed by atoms with E-state index >= 15 is 0 Å². The van der Waals surface area contributed by atoms with Gasteiger partial charge in [0.25, 0.3) is 0 Å². The molecule has 0 fully saturated rings. The van der Waals surface area contributed by atoms with Gasteiger partial charge in [0.15, 0.2) is 0 Å². The van der Waals surface area contributed by atoms with Crippen LogP contribution in [0, 0.1) is 11.8 Å². The number of para-hydroxylation sites is 2. The first-order chi connectivity index (χ1) is 29.1. The van der Waals surface area contributed by atoms with Crippen LogP contribution in [-0.4, -0.2) is 81.7 Å². The summed E-state index contributed by atoms with van der Waals surface area (Å²) in [5.41, 5.74) is 15.5. The summed E-state index contributed by atoms with van der Waals surface area (Å²) in [5.74, 6) is -3.75. The number of aromatic nitrogens is 2. The third-order valence-corrected chi connectivity index (χ3v) is 10.5. The Labute approximate surface area is 355 Å². The standard InChI is InChI=1S/C46H59N9O6/c1-26(2)19-36(41(48)56)51-43(58)37(20-27(3)4)53-46(61)40(23-31-25-50-35-18-12-10-16-33(31)35)55-44(59)38(21-29-13-7-6-8-14-29)54-45(60)39(52-42(57)28(5)47)22-30-24-49-34-17-11-9-15-32(30)34/h6-18,24-28,36-40,49-50H,19-23,47H2,1-5H3,(H2,48,56)(H,51,58)(H,52,57)(H,53,61)(H,54,60)(H,55,59). The van der Waals surface area contributed by atoms with Crippen LogP contribution in [0.1, 0.15) is 64.2 Å². The Morgan fingerprint density at radius 3 is 1.33 bits per heavy atom. The molecule has 6 atom stereocenters. The third-order valence-electron chi connectivity index (χ3n) is 10.5. The molecular formula is C46H59N9O6. The Kier molecular flexibility index (Phi) is 15.8. The number of aromatic amines is 2. The number of fused-ring (bicyclic) bond motifs is 2. The van der Waals surface area contributed by atoms with Crippen LogP contribution in [0.15, 0.2) is 91.3 Å². The highest BCUT2D eigenvalue weighted by atomic mass is 16.2. The number of primary amides is 1. The van der Waals surface area contributed by atoms with Crippen molar-refractivity contribution in [2.45, 2.75) is 103 Å². The van der Waals surface area contributed by atoms with Gasteiger partial charge >= 0.3 is 0 Å². The van der Waals surface area contributed by atoms with Crippen LogP contribution in [0.4, 0.5) is 0 Å². The van der Waals surface area contributed by atoms with Gasteiger partial charge in [-0.15, -0.1) is 0 Å². The molecule has 0 aliphatic heterocycles. The number of amides is 6. The van der Waals surface area contributed by atoms with Gasteiger partial charge in [-0.3, -0.25) is 28.8 Å². The van der Waals surface area contributed by atoms with Crippen LogP contribution < -0.4 is 38.1 Å². The summed E-state index contributed by atoms with van der Waals surface area (Å²) in [7, 11) is 0. The average molecular weight is 834 g/mol. The van der Waals surface area contributed by atoms with Crippen molar-refractivity contribution in [3.05, 3.63) is 108 Å². The van der Waals surface area contributed by atoms with E-state index in [9.17, 15) is 28.8 Å². The molecule has 0 saturated carbocycles. The van der Waals surface area contributed by atoms with Gasteiger partial charge in [0.05, 0.1) is 6.04 Å². The summed E-state index contributed by atoms with van der Waals surface area (Å²) >= 11 is 0. The lowest BCUT2D eigenvalue weighted by Crippen LogP contribution is -2.60. The van der Waals surface area contributed by atoms with E-state index in [2.05, 4.69) is 36.6 Å². The molecule has 5 aromatic rings. The molecule has 15 heteroatoms. The van der Waals surface area contributed by atoms with E-state index in [0.717, 1.165) is 38.5 Å². The molecule has 0 radical (unpaired) electrons. The number of benzene rings is 3. The normalized spacial score (nSPS) is 14.4. The zero-order chi connectivity index (χ0) is 44.2. The lowest BCUT2D eigenvalue weighted by Gasteiger charge is -2.28. The molecule has 0 bridgehead atoms. The third kappa shape index (κ3) is 12.8. The summed E-state index contributed by atoms with van der Waals surface area (Å²) < 4.78 is 0. The summed E-state index contributed by atoms with van der Waals surface area (Å²) in [6.07, 6.45) is 4.24. The molecule has 5 rings (SSSR count). The van der Waals surface area contributed by atoms with E-state index in [1.807, 2.05) is 107 Å². The van der Waals surface area contributed by atoms with Gasteiger partial charge in [-0.2, -0.15) is 0 Å². The monoisotopic (exact) mass is 833 g/mol. The summed E-state index contributed by atoms with van der Waals surface area (Å²) in [4.78, 5) is 88.8. The van der Waals surface area contributed by atoms with Crippen molar-refractivity contribution in [1.29, 1.82) is 0 Å². The molecule has 3 aromatic carbocycles. The van der Waals surface area contributed by atoms with Crippen LogP contribution in [0.3, 0.4) is 0 Å². The van der Waals surface area contributed by atoms with Gasteiger partial charge < -0.3 is 48.0 Å². The van der Waals surface area contributed by atoms with Crippen molar-refractivity contribution in [2.75, 3.05) is 0 Å². The summed E-state index contributed by atoms with van der Waals surface area (Å²) in [5, 5.41) is 15.8. The summed E-state index contributed by atoms with van der Waals surface area (Å²) in [6, 6.07) is 17.7. The largest absolute Gasteiger partial charge is 0.368 e. The Balaban J connectivity index is 1.46. The molecule has 2 aromatic heterocycles. The highest BCUT2D eigenvalue weighted by Gasteiger charge is 2.34. The first-order valence-corrected chi connectivity index (χ1v) is 20.8. The Bertz CT molecular complexity index is 2300. The Hall–Kier alpha value is -6.48. The minimum Gasteiger partial charge on any atom is -0.368 e. The SMILES string of the molecule is CC(C)CC(NC(=O)C(CC(C)C)NC(=O)C(Cc1c[nH]c2ccccc12)NC(=O)C(Cc1ccccc1)NC(=O)C(Cc1c[nH]c2ccccc12)NC(=O)C(C)N)C(N)=O. The highest BCUT2D eigenvalue weighted by Crippen LogP contribution is 2.21. The number of nitrogens with two attached hydrogens (primary N) is 2. The van der Waals surface area contributed by atoms with Crippen molar-refractivity contribution in [3.63, 3.8) is 0 Å². The smallest absolute Gasteiger partial charge is 0.243 e. The van der Waals surface area contributed by atoms with Crippen LogP contribution in [0.25, 0.3) is 21.8 Å². The number of hydrogen-bond donors (Lipinski definition) is 9. The van der Waals surface area contributed by atoms with Gasteiger partial charge in [0.2, 0.25) is 35.4 Å². The molecular weight excluding hydrogens is 775 g/mol. The molecule has 0 aliphatic carbocycles. The van der Waals surface area contributed by atoms with Gasteiger partial charge in [0, 0.05) is 53.5 Å². The lowest BCUT2D eigenvalue weighted by atomic mass is 9.98. The zero-order valence-corrected chi connectivity index (χ0v) is 35.4. The van der Waals surface area contributed by atoms with E-state index in [4.69, 9.17) is 11.5 Å². The topological polar surface area (TPSA) is 246 Å². The predicted octanol–water partition coefficient (Wildman–Crippen LogP) is 3.03. The van der Waals surface area contributed by atoms with Crippen LogP contribution in [0.2, 0.25) is 0 Å². The lowest BCUT2D eigenvalue weighted by molar-refractivity contribution is -0.135. The quantitative estimate of drug-likeness (QED) is 0.0535. The van der Waals surface area contributed by atoms with Crippen LogP contribution in [0.5, 0.6) is 0 Å². The molecule has 11 N–H and O–H groups in total.